The van der Waals surface area contributed by atoms with E-state index in [-0.39, 0.29) is 18.0 Å². The molecule has 0 aromatic heterocycles. The summed E-state index contributed by atoms with van der Waals surface area (Å²) in [7, 11) is 0. The molecule has 0 atom stereocenters. The van der Waals surface area contributed by atoms with Crippen molar-refractivity contribution in [1.29, 1.82) is 0 Å². The van der Waals surface area contributed by atoms with E-state index in [1.54, 1.807) is 12.1 Å². The Morgan fingerprint density at radius 1 is 0.971 bits per heavy atom. The molecule has 0 aliphatic heterocycles. The summed E-state index contributed by atoms with van der Waals surface area (Å²) in [4.78, 5) is 40.0. The summed E-state index contributed by atoms with van der Waals surface area (Å²) in [6, 6.07) is 9.02. The van der Waals surface area contributed by atoms with Crippen LogP contribution in [-0.4, -0.2) is 30.1 Å². The van der Waals surface area contributed by atoms with E-state index in [2.05, 4.69) is 15.5 Å². The number of alkyl halides is 4. The van der Waals surface area contributed by atoms with Crippen LogP contribution in [0.25, 0.3) is 0 Å². The topological polar surface area (TPSA) is 132 Å². The lowest BCUT2D eigenvalue weighted by atomic mass is 10.1. The zero-order valence-electron chi connectivity index (χ0n) is 18.2. The lowest BCUT2D eigenvalue weighted by Crippen LogP contribution is -2.49. The molecule has 0 bridgehead atoms. The Hall–Kier alpha value is -3.87. The number of carbonyl (C=O) groups is 3. The van der Waals surface area contributed by atoms with Crippen LogP contribution in [0, 0.1) is 0 Å². The highest BCUT2D eigenvalue weighted by atomic mass is 19.4. The molecule has 0 saturated heterocycles. The van der Waals surface area contributed by atoms with Gasteiger partial charge in [-0.3, -0.25) is 14.4 Å². The molecule has 0 radical (unpaired) electrons. The molecule has 5 N–H and O–H groups in total. The number of benzene rings is 2. The van der Waals surface area contributed by atoms with E-state index in [1.807, 2.05) is 5.32 Å². The molecule has 2 aromatic carbocycles. The van der Waals surface area contributed by atoms with Crippen molar-refractivity contribution in [3.63, 3.8) is 0 Å². The summed E-state index contributed by atoms with van der Waals surface area (Å²) >= 11 is 0. The predicted molar refractivity (Wildman–Crippen MR) is 113 cm³/mol. The van der Waals surface area contributed by atoms with Gasteiger partial charge < -0.3 is 25.5 Å². The van der Waals surface area contributed by atoms with Crippen molar-refractivity contribution in [2.24, 2.45) is 5.90 Å². The van der Waals surface area contributed by atoms with Crippen molar-refractivity contribution in [2.45, 2.75) is 37.5 Å². The summed E-state index contributed by atoms with van der Waals surface area (Å²) in [5.74, 6) is 2.49. The van der Waals surface area contributed by atoms with Gasteiger partial charge in [-0.2, -0.15) is 19.1 Å². The van der Waals surface area contributed by atoms with E-state index in [1.165, 1.54) is 18.2 Å². The zero-order valence-corrected chi connectivity index (χ0v) is 18.2. The number of amides is 3. The van der Waals surface area contributed by atoms with Gasteiger partial charge in [-0.15, -0.1) is 0 Å². The van der Waals surface area contributed by atoms with E-state index in [4.69, 9.17) is 10.6 Å². The molecule has 0 spiro atoms. The monoisotopic (exact) mass is 498 g/mol. The first kappa shape index (κ1) is 25.7. The third kappa shape index (κ3) is 6.82. The lowest BCUT2D eigenvalue weighted by molar-refractivity contribution is -0.138. The fourth-order valence-electron chi connectivity index (χ4n) is 3.17. The molecule has 13 heteroatoms. The van der Waals surface area contributed by atoms with E-state index < -0.39 is 54.0 Å². The molecule has 35 heavy (non-hydrogen) atoms. The molecule has 1 aliphatic carbocycles. The average molecular weight is 498 g/mol. The quantitative estimate of drug-likeness (QED) is 0.172. The maximum atomic E-state index is 13.3. The smallest absolute Gasteiger partial charge is 0.420 e. The van der Waals surface area contributed by atoms with E-state index in [0.29, 0.717) is 18.4 Å². The maximum Gasteiger partial charge on any atom is 0.420 e. The summed E-state index contributed by atoms with van der Waals surface area (Å²) in [5.41, 5.74) is -1.56. The van der Waals surface area contributed by atoms with Gasteiger partial charge in [0.1, 0.15) is 34.8 Å². The van der Waals surface area contributed by atoms with Crippen LogP contribution in [0.4, 0.5) is 17.6 Å². The molecular weight excluding hydrogens is 476 g/mol. The Bertz CT molecular complexity index is 1090. The van der Waals surface area contributed by atoms with E-state index in [0.717, 1.165) is 12.1 Å². The predicted octanol–water partition coefficient (Wildman–Crippen LogP) is 2.45. The van der Waals surface area contributed by atoms with Gasteiger partial charge >= 0.3 is 6.18 Å². The van der Waals surface area contributed by atoms with Gasteiger partial charge in [0, 0.05) is 6.54 Å². The van der Waals surface area contributed by atoms with Crippen molar-refractivity contribution >= 4 is 17.7 Å². The van der Waals surface area contributed by atoms with Crippen molar-refractivity contribution in [3.05, 3.63) is 53.6 Å². The standard InChI is InChI=1S/C22H22F4N4O5/c23-12-29-18(31)10-19(32)30-21(7-8-21)20(33)28-11-13-1-3-14(4-2-13)34-17-6-5-15(35-27)9-16(17)22(24,25)26/h1-6,9H,7-8,10-12,27H2,(H,28,33)(H,29,31)(H,30,32). The SMILES string of the molecule is NOc1ccc(Oc2ccc(CNC(=O)C3(NC(=O)CC(=O)NCF)CC3)cc2)c(C(F)(F)F)c1. The van der Waals surface area contributed by atoms with Crippen LogP contribution >= 0.6 is 0 Å². The summed E-state index contributed by atoms with van der Waals surface area (Å²) < 4.78 is 57.4. The molecule has 2 aromatic rings. The minimum Gasteiger partial charge on any atom is -0.457 e. The number of nitrogens with two attached hydrogens (primary N) is 1. The Balaban J connectivity index is 1.56. The Morgan fingerprint density at radius 2 is 1.63 bits per heavy atom. The van der Waals surface area contributed by atoms with Crippen LogP contribution in [-0.2, 0) is 27.1 Å². The van der Waals surface area contributed by atoms with Crippen LogP contribution < -0.4 is 31.4 Å². The fourth-order valence-corrected chi connectivity index (χ4v) is 3.17. The number of hydrogen-bond donors (Lipinski definition) is 4. The number of rotatable bonds is 10. The van der Waals surface area contributed by atoms with Gasteiger partial charge in [-0.05, 0) is 48.7 Å². The number of halogens is 4. The van der Waals surface area contributed by atoms with Gasteiger partial charge in [0.25, 0.3) is 0 Å². The minimum absolute atomic E-state index is 0.0788. The van der Waals surface area contributed by atoms with Gasteiger partial charge in [0.2, 0.25) is 17.7 Å². The van der Waals surface area contributed by atoms with Gasteiger partial charge in [0.15, 0.2) is 6.80 Å². The molecule has 3 amide bonds. The molecule has 9 nitrogen and oxygen atoms in total. The van der Waals surface area contributed by atoms with Crippen molar-refractivity contribution < 1.29 is 41.5 Å². The fraction of sp³-hybridized carbons (Fsp3) is 0.318. The van der Waals surface area contributed by atoms with Gasteiger partial charge in [-0.1, -0.05) is 12.1 Å². The molecule has 1 saturated carbocycles. The number of hydrogen-bond acceptors (Lipinski definition) is 6. The highest BCUT2D eigenvalue weighted by Gasteiger charge is 2.51. The van der Waals surface area contributed by atoms with Crippen molar-refractivity contribution in [1.82, 2.24) is 16.0 Å². The molecule has 188 valence electrons. The third-order valence-electron chi connectivity index (χ3n) is 5.15. The molecule has 0 heterocycles. The lowest BCUT2D eigenvalue weighted by Gasteiger charge is -2.17. The first-order valence-corrected chi connectivity index (χ1v) is 10.3. The number of ether oxygens (including phenoxy) is 1. The van der Waals surface area contributed by atoms with Crippen molar-refractivity contribution in [3.8, 4) is 17.2 Å². The Morgan fingerprint density at radius 3 is 2.20 bits per heavy atom. The molecule has 1 aliphatic rings. The van der Waals surface area contributed by atoms with Crippen LogP contribution in [0.1, 0.15) is 30.4 Å². The van der Waals surface area contributed by atoms with Gasteiger partial charge in [-0.25, -0.2) is 4.39 Å². The van der Waals surface area contributed by atoms with Crippen molar-refractivity contribution in [2.75, 3.05) is 6.80 Å². The number of carbonyl (C=O) groups excluding carboxylic acids is 3. The molecule has 1 fully saturated rings. The molecular formula is C22H22F4N4O5. The first-order valence-electron chi connectivity index (χ1n) is 10.3. The molecule has 3 rings (SSSR count). The highest BCUT2D eigenvalue weighted by molar-refractivity contribution is 6.00. The Kier molecular flexibility index (Phi) is 7.79. The molecule has 0 unspecified atom stereocenters. The Labute approximate surface area is 196 Å². The average Bonchev–Trinajstić information content (AvgIpc) is 3.58. The summed E-state index contributed by atoms with van der Waals surface area (Å²) in [5, 5.41) is 7.01. The van der Waals surface area contributed by atoms with E-state index in [9.17, 15) is 31.9 Å². The minimum atomic E-state index is -4.70. The third-order valence-corrected chi connectivity index (χ3v) is 5.15. The normalized spacial score (nSPS) is 14.0. The van der Waals surface area contributed by atoms with Crippen LogP contribution in [0.5, 0.6) is 17.2 Å². The van der Waals surface area contributed by atoms with Crippen LogP contribution in [0.3, 0.4) is 0 Å². The largest absolute Gasteiger partial charge is 0.457 e. The first-order chi connectivity index (χ1) is 16.6. The zero-order chi connectivity index (χ0) is 25.6. The second kappa shape index (κ2) is 10.6. The van der Waals surface area contributed by atoms with Crippen LogP contribution in [0.15, 0.2) is 42.5 Å². The second-order valence-corrected chi connectivity index (χ2v) is 7.74. The number of nitrogens with one attached hydrogen (secondary N) is 3. The van der Waals surface area contributed by atoms with Crippen LogP contribution in [0.2, 0.25) is 0 Å². The summed E-state index contributed by atoms with van der Waals surface area (Å²) in [6.07, 6.45) is -4.52. The van der Waals surface area contributed by atoms with Gasteiger partial charge in [0.05, 0.1) is 0 Å². The van der Waals surface area contributed by atoms with E-state index >= 15 is 0 Å². The summed E-state index contributed by atoms with van der Waals surface area (Å²) in [6.45, 7) is -1.02. The second-order valence-electron chi connectivity index (χ2n) is 7.74. The maximum absolute atomic E-state index is 13.3. The highest BCUT2D eigenvalue weighted by Crippen LogP contribution is 2.40.